The van der Waals surface area contributed by atoms with E-state index >= 15 is 0 Å². The number of methoxy groups -OCH3 is 2. The maximum Gasteiger partial charge on any atom is 0.283 e. The van der Waals surface area contributed by atoms with Gasteiger partial charge < -0.3 is 14.6 Å². The molecule has 0 aliphatic heterocycles. The minimum atomic E-state index is -4.32. The number of pyridine rings is 1. The first-order valence-electron chi connectivity index (χ1n) is 10.2. The van der Waals surface area contributed by atoms with Gasteiger partial charge >= 0.3 is 0 Å². The molecule has 174 valence electrons. The van der Waals surface area contributed by atoms with Crippen molar-refractivity contribution >= 4 is 15.9 Å². The van der Waals surface area contributed by atoms with Crippen LogP contribution in [0.4, 0.5) is 0 Å². The molecule has 2 heterocycles. The molecule has 0 atom stereocenters. The van der Waals surface area contributed by atoms with Crippen LogP contribution in [0.2, 0.25) is 0 Å². The highest BCUT2D eigenvalue weighted by atomic mass is 32.2. The van der Waals surface area contributed by atoms with Gasteiger partial charge in [-0.2, -0.15) is 5.10 Å². The number of aromatic nitrogens is 3. The average Bonchev–Trinajstić information content (AvgIpc) is 3.30. The summed E-state index contributed by atoms with van der Waals surface area (Å²) < 4.78 is 40.3. The summed E-state index contributed by atoms with van der Waals surface area (Å²) in [4.78, 5) is 16.7. The third-order valence-electron chi connectivity index (χ3n) is 5.65. The number of hydrogen-bond donors (Lipinski definition) is 2. The van der Waals surface area contributed by atoms with Crippen LogP contribution in [0.1, 0.15) is 40.9 Å². The van der Waals surface area contributed by atoms with Crippen LogP contribution >= 0.6 is 0 Å². The van der Waals surface area contributed by atoms with E-state index in [0.717, 1.165) is 6.42 Å². The van der Waals surface area contributed by atoms with Crippen LogP contribution in [0.15, 0.2) is 53.7 Å². The van der Waals surface area contributed by atoms with Crippen molar-refractivity contribution in [2.45, 2.75) is 36.3 Å². The summed E-state index contributed by atoms with van der Waals surface area (Å²) in [5.41, 5.74) is -0.0684. The molecule has 33 heavy (non-hydrogen) atoms. The number of nitrogens with one attached hydrogen (secondary N) is 1. The first-order valence-corrected chi connectivity index (χ1v) is 11.7. The molecule has 1 fully saturated rings. The third-order valence-corrected chi connectivity index (χ3v) is 7.01. The van der Waals surface area contributed by atoms with E-state index in [1.54, 1.807) is 35.3 Å². The van der Waals surface area contributed by atoms with Crippen molar-refractivity contribution in [3.8, 4) is 11.6 Å². The zero-order valence-electron chi connectivity index (χ0n) is 18.2. The summed E-state index contributed by atoms with van der Waals surface area (Å²) in [5, 5.41) is 14.7. The zero-order chi connectivity index (χ0) is 23.6. The molecule has 1 saturated carbocycles. The molecule has 10 nitrogen and oxygen atoms in total. The quantitative estimate of drug-likeness (QED) is 0.507. The highest BCUT2D eigenvalue weighted by Gasteiger charge is 2.37. The zero-order valence-corrected chi connectivity index (χ0v) is 19.0. The van der Waals surface area contributed by atoms with E-state index in [2.05, 4.69) is 10.1 Å². The van der Waals surface area contributed by atoms with Crippen molar-refractivity contribution in [3.05, 3.63) is 65.6 Å². The van der Waals surface area contributed by atoms with Gasteiger partial charge in [-0.1, -0.05) is 6.07 Å². The van der Waals surface area contributed by atoms with Crippen LogP contribution in [0, 0.1) is 0 Å². The van der Waals surface area contributed by atoms with Crippen molar-refractivity contribution in [2.75, 3.05) is 14.2 Å². The summed E-state index contributed by atoms with van der Waals surface area (Å²) in [7, 11) is -1.58. The Bertz CT molecular complexity index is 1270. The Morgan fingerprint density at radius 1 is 1.21 bits per heavy atom. The lowest BCUT2D eigenvalue weighted by molar-refractivity contribution is -0.0390. The van der Waals surface area contributed by atoms with E-state index in [-0.39, 0.29) is 22.2 Å². The molecule has 2 N–H and O–H groups in total. The van der Waals surface area contributed by atoms with Crippen molar-refractivity contribution in [1.82, 2.24) is 19.5 Å². The molecule has 1 aliphatic carbocycles. The Labute approximate surface area is 191 Å². The van der Waals surface area contributed by atoms with Gasteiger partial charge in [0.1, 0.15) is 16.3 Å². The molecule has 0 spiro atoms. The van der Waals surface area contributed by atoms with Crippen molar-refractivity contribution in [2.24, 2.45) is 0 Å². The lowest BCUT2D eigenvalue weighted by Crippen LogP contribution is -2.35. The van der Waals surface area contributed by atoms with Crippen LogP contribution in [-0.4, -0.2) is 48.4 Å². The van der Waals surface area contributed by atoms with Gasteiger partial charge in [0.2, 0.25) is 5.88 Å². The Kier molecular flexibility index (Phi) is 6.09. The number of benzene rings is 1. The van der Waals surface area contributed by atoms with Gasteiger partial charge in [0.15, 0.2) is 0 Å². The predicted molar refractivity (Wildman–Crippen MR) is 118 cm³/mol. The maximum atomic E-state index is 13.0. The lowest BCUT2D eigenvalue weighted by Gasteiger charge is -2.37. The fourth-order valence-electron chi connectivity index (χ4n) is 3.67. The molecule has 3 aromatic rings. The summed E-state index contributed by atoms with van der Waals surface area (Å²) in [6, 6.07) is 9.26. The van der Waals surface area contributed by atoms with Crippen LogP contribution in [-0.2, 0) is 22.2 Å². The monoisotopic (exact) mass is 472 g/mol. The van der Waals surface area contributed by atoms with Gasteiger partial charge in [0.05, 0.1) is 26.4 Å². The van der Waals surface area contributed by atoms with E-state index in [4.69, 9.17) is 9.47 Å². The van der Waals surface area contributed by atoms with Gasteiger partial charge in [-0.25, -0.2) is 18.1 Å². The molecule has 1 aliphatic rings. The fraction of sp³-hybridized carbons (Fsp3) is 0.318. The number of nitrogens with zero attached hydrogens (tertiary/aromatic N) is 3. The molecule has 4 rings (SSSR count). The second kappa shape index (κ2) is 8.83. The summed E-state index contributed by atoms with van der Waals surface area (Å²) in [6.45, 7) is 0.371. The number of rotatable bonds is 8. The average molecular weight is 473 g/mol. The van der Waals surface area contributed by atoms with Crippen molar-refractivity contribution in [3.63, 3.8) is 0 Å². The topological polar surface area (TPSA) is 133 Å². The van der Waals surface area contributed by atoms with Gasteiger partial charge in [0.25, 0.3) is 15.9 Å². The number of amides is 1. The highest BCUT2D eigenvalue weighted by molar-refractivity contribution is 7.90. The lowest BCUT2D eigenvalue weighted by atomic mass is 9.75. The third kappa shape index (κ3) is 4.55. The maximum absolute atomic E-state index is 13.0. The van der Waals surface area contributed by atoms with Crippen molar-refractivity contribution in [1.29, 1.82) is 0 Å². The molecule has 0 saturated heterocycles. The largest absolute Gasteiger partial charge is 0.495 e. The highest BCUT2D eigenvalue weighted by Crippen LogP contribution is 2.42. The molecule has 11 heteroatoms. The van der Waals surface area contributed by atoms with Gasteiger partial charge in [-0.15, -0.1) is 0 Å². The number of carbonyl (C=O) groups excluding carboxylic acids is 1. The molecule has 0 unspecified atom stereocenters. The Morgan fingerprint density at radius 2 is 2.00 bits per heavy atom. The second-order valence-electron chi connectivity index (χ2n) is 7.75. The molecular formula is C22H24N4O6S. The first-order chi connectivity index (χ1) is 15.8. The molecule has 2 aromatic heterocycles. The number of carbonyl (C=O) groups is 1. The van der Waals surface area contributed by atoms with E-state index in [1.165, 1.54) is 32.4 Å². The smallest absolute Gasteiger partial charge is 0.283 e. The Morgan fingerprint density at radius 3 is 2.61 bits per heavy atom. The Hall–Kier alpha value is -3.44. The minimum Gasteiger partial charge on any atom is -0.495 e. The number of aliphatic hydroxyl groups is 1. The van der Waals surface area contributed by atoms with Crippen molar-refractivity contribution < 1.29 is 27.8 Å². The van der Waals surface area contributed by atoms with Gasteiger partial charge in [-0.05, 0) is 55.2 Å². The summed E-state index contributed by atoms with van der Waals surface area (Å²) in [6.07, 6.45) is 5.35. The van der Waals surface area contributed by atoms with Gasteiger partial charge in [-0.3, -0.25) is 9.48 Å². The summed E-state index contributed by atoms with van der Waals surface area (Å²) >= 11 is 0. The fourth-order valence-corrected chi connectivity index (χ4v) is 4.82. The molecule has 1 aromatic carbocycles. The summed E-state index contributed by atoms with van der Waals surface area (Å²) in [5.74, 6) is -0.682. The molecular weight excluding hydrogens is 448 g/mol. The number of ether oxygens (including phenoxy) is 2. The van der Waals surface area contributed by atoms with E-state index in [9.17, 15) is 18.3 Å². The standard InChI is InChI=1S/C22H24N4O6S/c1-31-18-8-6-16(22(28)9-3-10-22)13-19(18)33(29,30)25-20(27)17-7-5-15(21(24-17)32-2)14-26-12-4-11-23-26/h4-8,11-13,28H,3,9-10,14H2,1-2H3,(H,25,27). The Balaban J connectivity index is 1.59. The van der Waals surface area contributed by atoms with E-state index in [0.29, 0.717) is 30.5 Å². The predicted octanol–water partition coefficient (Wildman–Crippen LogP) is 1.83. The molecule has 0 radical (unpaired) electrons. The van der Waals surface area contributed by atoms with E-state index in [1.807, 2.05) is 4.72 Å². The SMILES string of the molecule is COc1ccc(C2(O)CCC2)cc1S(=O)(=O)NC(=O)c1ccc(Cn2cccn2)c(OC)n1. The normalized spacial score (nSPS) is 14.9. The second-order valence-corrected chi connectivity index (χ2v) is 9.40. The number of sulfonamides is 1. The van der Waals surface area contributed by atoms with Crippen LogP contribution in [0.5, 0.6) is 11.6 Å². The van der Waals surface area contributed by atoms with E-state index < -0.39 is 21.5 Å². The van der Waals surface area contributed by atoms with Crippen LogP contribution in [0.3, 0.4) is 0 Å². The van der Waals surface area contributed by atoms with Gasteiger partial charge in [0, 0.05) is 18.0 Å². The van der Waals surface area contributed by atoms with Crippen LogP contribution < -0.4 is 14.2 Å². The minimum absolute atomic E-state index is 0.0575. The van der Waals surface area contributed by atoms with Crippen LogP contribution in [0.25, 0.3) is 0 Å². The molecule has 1 amide bonds. The number of hydrogen-bond acceptors (Lipinski definition) is 8. The first kappa shape index (κ1) is 22.7. The molecule has 0 bridgehead atoms.